The largest absolute Gasteiger partial charge is 0.495 e. The maximum Gasteiger partial charge on any atom is 0.323 e. The Morgan fingerprint density at radius 3 is 2.54 bits per heavy atom. The number of hydrogen-bond donors (Lipinski definition) is 2. The Hall–Kier alpha value is -2.17. The van der Waals surface area contributed by atoms with Crippen LogP contribution in [0.2, 0.25) is 0 Å². The van der Waals surface area contributed by atoms with Crippen LogP contribution in [0, 0.1) is 0 Å². The van der Waals surface area contributed by atoms with Crippen LogP contribution in [0.25, 0.3) is 0 Å². The van der Waals surface area contributed by atoms with Gasteiger partial charge in [-0.05, 0) is 31.0 Å². The zero-order chi connectivity index (χ0) is 19.3. The van der Waals surface area contributed by atoms with E-state index in [4.69, 9.17) is 14.6 Å². The summed E-state index contributed by atoms with van der Waals surface area (Å²) in [6, 6.07) is 3.88. The van der Waals surface area contributed by atoms with Crippen molar-refractivity contribution in [2.45, 2.75) is 23.8 Å². The number of nitrogens with one attached hydrogen (secondary N) is 1. The molecule has 144 valence electrons. The molecule has 0 aliphatic heterocycles. The van der Waals surface area contributed by atoms with Crippen molar-refractivity contribution in [2.75, 3.05) is 33.9 Å². The molecule has 0 atom stereocenters. The number of methoxy groups -OCH3 is 2. The van der Waals surface area contributed by atoms with Gasteiger partial charge in [0.25, 0.3) is 5.91 Å². The van der Waals surface area contributed by atoms with Crippen molar-refractivity contribution >= 4 is 21.9 Å². The highest BCUT2D eigenvalue weighted by Gasteiger charge is 2.31. The monoisotopic (exact) mass is 386 g/mol. The van der Waals surface area contributed by atoms with E-state index in [-0.39, 0.29) is 35.4 Å². The first kappa shape index (κ1) is 20.1. The van der Waals surface area contributed by atoms with Crippen LogP contribution in [-0.2, 0) is 19.6 Å². The molecule has 1 aliphatic carbocycles. The van der Waals surface area contributed by atoms with E-state index < -0.39 is 28.4 Å². The van der Waals surface area contributed by atoms with E-state index in [1.807, 2.05) is 0 Å². The number of carboxylic acids is 1. The molecule has 9 nitrogen and oxygen atoms in total. The highest BCUT2D eigenvalue weighted by atomic mass is 32.2. The first-order valence-corrected chi connectivity index (χ1v) is 9.47. The maximum atomic E-state index is 12.7. The highest BCUT2D eigenvalue weighted by Crippen LogP contribution is 2.28. The Morgan fingerprint density at radius 1 is 1.31 bits per heavy atom. The van der Waals surface area contributed by atoms with Gasteiger partial charge in [-0.1, -0.05) is 0 Å². The first-order valence-electron chi connectivity index (χ1n) is 7.99. The van der Waals surface area contributed by atoms with Crippen LogP contribution in [0.4, 0.5) is 0 Å². The second-order valence-corrected chi connectivity index (χ2v) is 7.56. The van der Waals surface area contributed by atoms with Crippen LogP contribution < -0.4 is 9.46 Å². The second kappa shape index (κ2) is 8.47. The summed E-state index contributed by atoms with van der Waals surface area (Å²) in [5, 5.41) is 8.99. The molecule has 2 N–H and O–H groups in total. The molecule has 1 amide bonds. The number of carbonyl (C=O) groups excluding carboxylic acids is 1. The normalized spacial score (nSPS) is 14.1. The molecule has 0 radical (unpaired) electrons. The molecule has 1 aromatic carbocycles. The third kappa shape index (κ3) is 5.16. The molecule has 0 bridgehead atoms. The van der Waals surface area contributed by atoms with Crippen molar-refractivity contribution < 1.29 is 32.6 Å². The number of sulfonamides is 1. The standard InChI is InChI=1S/C16H22N2O7S/c1-24-8-7-18(10-15(19)20)16(21)11-3-6-13(25-2)14(9-11)26(22,23)17-12-4-5-12/h3,6,9,12,17H,4-5,7-8,10H2,1-2H3,(H,19,20). The molecule has 0 heterocycles. The fourth-order valence-electron chi connectivity index (χ4n) is 2.30. The fraction of sp³-hybridized carbons (Fsp3) is 0.500. The minimum Gasteiger partial charge on any atom is -0.495 e. The summed E-state index contributed by atoms with van der Waals surface area (Å²) in [4.78, 5) is 24.6. The Morgan fingerprint density at radius 2 is 2.00 bits per heavy atom. The lowest BCUT2D eigenvalue weighted by molar-refractivity contribution is -0.137. The Kier molecular flexibility index (Phi) is 6.57. The van der Waals surface area contributed by atoms with Crippen molar-refractivity contribution in [1.29, 1.82) is 0 Å². The summed E-state index contributed by atoms with van der Waals surface area (Å²) in [5.74, 6) is -1.67. The van der Waals surface area contributed by atoms with E-state index in [2.05, 4.69) is 4.72 Å². The van der Waals surface area contributed by atoms with E-state index in [1.165, 1.54) is 32.4 Å². The Bertz CT molecular complexity index is 775. The number of amides is 1. The lowest BCUT2D eigenvalue weighted by Gasteiger charge is -2.21. The topological polar surface area (TPSA) is 122 Å². The van der Waals surface area contributed by atoms with Crippen LogP contribution >= 0.6 is 0 Å². The van der Waals surface area contributed by atoms with Gasteiger partial charge in [0.1, 0.15) is 17.2 Å². The summed E-state index contributed by atoms with van der Waals surface area (Å²) in [7, 11) is -1.08. The van der Waals surface area contributed by atoms with Crippen molar-refractivity contribution in [3.05, 3.63) is 23.8 Å². The predicted molar refractivity (Wildman–Crippen MR) is 91.8 cm³/mol. The number of carbonyl (C=O) groups is 2. The van der Waals surface area contributed by atoms with Gasteiger partial charge in [0.15, 0.2) is 0 Å². The number of carboxylic acid groups (broad SMARTS) is 1. The van der Waals surface area contributed by atoms with Gasteiger partial charge >= 0.3 is 5.97 Å². The zero-order valence-electron chi connectivity index (χ0n) is 14.6. The number of benzene rings is 1. The molecule has 1 aliphatic rings. The van der Waals surface area contributed by atoms with Crippen LogP contribution in [0.3, 0.4) is 0 Å². The second-order valence-electron chi connectivity index (χ2n) is 5.87. The molecule has 0 spiro atoms. The minimum absolute atomic E-state index is 0.0549. The van der Waals surface area contributed by atoms with E-state index in [0.29, 0.717) is 0 Å². The van der Waals surface area contributed by atoms with E-state index in [9.17, 15) is 18.0 Å². The molecule has 0 unspecified atom stereocenters. The van der Waals surface area contributed by atoms with Gasteiger partial charge < -0.3 is 19.5 Å². The molecular weight excluding hydrogens is 364 g/mol. The van der Waals surface area contributed by atoms with Crippen LogP contribution in [0.15, 0.2) is 23.1 Å². The quantitative estimate of drug-likeness (QED) is 0.593. The summed E-state index contributed by atoms with van der Waals surface area (Å²) in [6.07, 6.45) is 1.53. The van der Waals surface area contributed by atoms with Crippen molar-refractivity contribution in [1.82, 2.24) is 9.62 Å². The van der Waals surface area contributed by atoms with Gasteiger partial charge in [-0.2, -0.15) is 0 Å². The number of nitrogens with zero attached hydrogens (tertiary/aromatic N) is 1. The maximum absolute atomic E-state index is 12.7. The van der Waals surface area contributed by atoms with Gasteiger partial charge in [-0.15, -0.1) is 0 Å². The summed E-state index contributed by atoms with van der Waals surface area (Å²) >= 11 is 0. The molecule has 1 saturated carbocycles. The van der Waals surface area contributed by atoms with Gasteiger partial charge in [-0.25, -0.2) is 13.1 Å². The smallest absolute Gasteiger partial charge is 0.323 e. The van der Waals surface area contributed by atoms with E-state index in [0.717, 1.165) is 17.7 Å². The molecule has 0 aromatic heterocycles. The van der Waals surface area contributed by atoms with Gasteiger partial charge in [0.2, 0.25) is 10.0 Å². The molecule has 2 rings (SSSR count). The zero-order valence-corrected chi connectivity index (χ0v) is 15.4. The fourth-order valence-corrected chi connectivity index (χ4v) is 3.80. The molecule has 0 saturated heterocycles. The van der Waals surface area contributed by atoms with Crippen molar-refractivity contribution in [2.24, 2.45) is 0 Å². The number of rotatable bonds is 10. The predicted octanol–water partition coefficient (Wildman–Crippen LogP) is 0.309. The van der Waals surface area contributed by atoms with Gasteiger partial charge in [0.05, 0.1) is 13.7 Å². The van der Waals surface area contributed by atoms with Crippen LogP contribution in [-0.4, -0.2) is 70.3 Å². The third-order valence-electron chi connectivity index (χ3n) is 3.78. The average molecular weight is 386 g/mol. The molecule has 1 fully saturated rings. The molecule has 10 heteroatoms. The minimum atomic E-state index is -3.85. The Labute approximate surface area is 151 Å². The lowest BCUT2D eigenvalue weighted by Crippen LogP contribution is -2.38. The number of ether oxygens (including phenoxy) is 2. The highest BCUT2D eigenvalue weighted by molar-refractivity contribution is 7.89. The summed E-state index contributed by atoms with van der Waals surface area (Å²) in [5.41, 5.74) is 0.0549. The summed E-state index contributed by atoms with van der Waals surface area (Å²) < 4.78 is 37.6. The van der Waals surface area contributed by atoms with Gasteiger partial charge in [-0.3, -0.25) is 9.59 Å². The van der Waals surface area contributed by atoms with E-state index in [1.54, 1.807) is 0 Å². The Balaban J connectivity index is 2.34. The molecule has 1 aromatic rings. The van der Waals surface area contributed by atoms with Crippen LogP contribution in [0.1, 0.15) is 23.2 Å². The summed E-state index contributed by atoms with van der Waals surface area (Å²) in [6.45, 7) is -0.295. The average Bonchev–Trinajstić information content (AvgIpc) is 3.40. The lowest BCUT2D eigenvalue weighted by atomic mass is 10.2. The van der Waals surface area contributed by atoms with Crippen molar-refractivity contribution in [3.8, 4) is 5.75 Å². The SMILES string of the molecule is COCCN(CC(=O)O)C(=O)c1ccc(OC)c(S(=O)(=O)NC2CC2)c1. The third-order valence-corrected chi connectivity index (χ3v) is 5.32. The number of hydrogen-bond acceptors (Lipinski definition) is 6. The van der Waals surface area contributed by atoms with Crippen molar-refractivity contribution in [3.63, 3.8) is 0 Å². The molecule has 26 heavy (non-hydrogen) atoms. The van der Waals surface area contributed by atoms with Gasteiger partial charge in [0, 0.05) is 25.3 Å². The van der Waals surface area contributed by atoms with Crippen LogP contribution in [0.5, 0.6) is 5.75 Å². The first-order chi connectivity index (χ1) is 12.3. The molecular formula is C16H22N2O7S. The number of aliphatic carboxylic acids is 1. The van der Waals surface area contributed by atoms with E-state index >= 15 is 0 Å².